The van der Waals surface area contributed by atoms with Gasteiger partial charge in [-0.05, 0) is 36.8 Å². The van der Waals surface area contributed by atoms with Gasteiger partial charge in [-0.1, -0.05) is 29.8 Å². The van der Waals surface area contributed by atoms with E-state index in [2.05, 4.69) is 10.3 Å². The van der Waals surface area contributed by atoms with E-state index in [0.717, 1.165) is 5.56 Å². The Balaban J connectivity index is 1.69. The molecule has 12 nitrogen and oxygen atoms in total. The van der Waals surface area contributed by atoms with Crippen LogP contribution >= 0.6 is 0 Å². The van der Waals surface area contributed by atoms with E-state index < -0.39 is 47.2 Å². The highest BCUT2D eigenvalue weighted by molar-refractivity contribution is 6.02. The number of carboxylic acid groups (broad SMARTS) is 1. The molecule has 1 fully saturated rings. The molecule has 2 unspecified atom stereocenters. The molecule has 12 heteroatoms. The highest BCUT2D eigenvalue weighted by Gasteiger charge is 2.44. The van der Waals surface area contributed by atoms with Crippen LogP contribution in [0.1, 0.15) is 44.3 Å². The summed E-state index contributed by atoms with van der Waals surface area (Å²) < 4.78 is 0. The summed E-state index contributed by atoms with van der Waals surface area (Å²) in [6.07, 6.45) is 0.856. The van der Waals surface area contributed by atoms with Crippen molar-refractivity contribution in [2.45, 2.75) is 25.6 Å². The predicted molar refractivity (Wildman–Crippen MR) is 138 cm³/mol. The van der Waals surface area contributed by atoms with Crippen molar-refractivity contribution in [2.24, 2.45) is 0 Å². The number of aliphatic carboxylic acids is 1. The van der Waals surface area contributed by atoms with Crippen LogP contribution in [0.5, 0.6) is 0 Å². The zero-order chi connectivity index (χ0) is 28.1. The predicted octanol–water partition coefficient (Wildman–Crippen LogP) is 2.55. The van der Waals surface area contributed by atoms with Gasteiger partial charge in [0.15, 0.2) is 6.17 Å². The summed E-state index contributed by atoms with van der Waals surface area (Å²) in [6.45, 7) is 1.96. The number of pyridine rings is 1. The van der Waals surface area contributed by atoms with E-state index in [1.807, 2.05) is 6.92 Å². The average molecular weight is 532 g/mol. The molecule has 4 rings (SSSR count). The highest BCUT2D eigenvalue weighted by atomic mass is 16.6. The maximum atomic E-state index is 13.7. The lowest BCUT2D eigenvalue weighted by atomic mass is 10.0. The number of aryl methyl sites for hydroxylation is 1. The first kappa shape index (κ1) is 26.9. The number of hydrogen-bond acceptors (Lipinski definition) is 7. The number of amides is 3. The van der Waals surface area contributed by atoms with Gasteiger partial charge < -0.3 is 20.2 Å². The minimum atomic E-state index is -1.40. The fourth-order valence-corrected chi connectivity index (χ4v) is 4.38. The van der Waals surface area contributed by atoms with Crippen molar-refractivity contribution >= 4 is 29.4 Å². The Morgan fingerprint density at radius 2 is 1.69 bits per heavy atom. The van der Waals surface area contributed by atoms with Gasteiger partial charge in [0.05, 0.1) is 22.9 Å². The third kappa shape index (κ3) is 6.06. The van der Waals surface area contributed by atoms with Crippen LogP contribution in [0.25, 0.3) is 0 Å². The second-order valence-corrected chi connectivity index (χ2v) is 8.99. The van der Waals surface area contributed by atoms with Gasteiger partial charge in [-0.15, -0.1) is 0 Å². The molecule has 0 aliphatic carbocycles. The number of carbonyl (C=O) groups is 4. The molecule has 1 aliphatic heterocycles. The van der Waals surface area contributed by atoms with E-state index in [0.29, 0.717) is 5.56 Å². The lowest BCUT2D eigenvalue weighted by molar-refractivity contribution is -0.384. The number of carbonyl (C=O) groups excluding carboxylic acids is 3. The topological polar surface area (TPSA) is 163 Å². The average Bonchev–Trinajstić information content (AvgIpc) is 3.38. The highest BCUT2D eigenvalue weighted by Crippen LogP contribution is 2.25. The SMILES string of the molecule is Cc1ccc(C(=O)N2CCN(C(=O)c3cccnc3)C2C(=O)NC(CC(=O)O)c2cccc([N+](=O)[O-])c2)cc1. The molecule has 2 heterocycles. The van der Waals surface area contributed by atoms with Crippen molar-refractivity contribution in [3.05, 3.63) is 105 Å². The monoisotopic (exact) mass is 531 g/mol. The lowest BCUT2D eigenvalue weighted by Crippen LogP contribution is -2.54. The Kier molecular flexibility index (Phi) is 7.94. The number of carboxylic acids is 1. The lowest BCUT2D eigenvalue weighted by Gasteiger charge is -2.31. The van der Waals surface area contributed by atoms with Crippen LogP contribution in [0.3, 0.4) is 0 Å². The third-order valence-corrected chi connectivity index (χ3v) is 6.31. The van der Waals surface area contributed by atoms with Crippen molar-refractivity contribution < 1.29 is 29.2 Å². The Labute approximate surface area is 223 Å². The smallest absolute Gasteiger partial charge is 0.305 e. The number of benzene rings is 2. The molecule has 0 radical (unpaired) electrons. The third-order valence-electron chi connectivity index (χ3n) is 6.31. The first-order valence-electron chi connectivity index (χ1n) is 12.0. The summed E-state index contributed by atoms with van der Waals surface area (Å²) >= 11 is 0. The molecule has 2 aromatic carbocycles. The molecule has 1 aliphatic rings. The van der Waals surface area contributed by atoms with Crippen molar-refractivity contribution in [3.63, 3.8) is 0 Å². The van der Waals surface area contributed by atoms with Gasteiger partial charge in [0.2, 0.25) is 0 Å². The van der Waals surface area contributed by atoms with Crippen LogP contribution in [0, 0.1) is 17.0 Å². The number of aromatic nitrogens is 1. The Morgan fingerprint density at radius 1 is 1.03 bits per heavy atom. The quantitative estimate of drug-likeness (QED) is 0.331. The Bertz CT molecular complexity index is 1410. The summed E-state index contributed by atoms with van der Waals surface area (Å²) in [4.78, 5) is 69.2. The summed E-state index contributed by atoms with van der Waals surface area (Å²) in [5.74, 6) is -3.08. The maximum Gasteiger partial charge on any atom is 0.305 e. The fourth-order valence-electron chi connectivity index (χ4n) is 4.38. The van der Waals surface area contributed by atoms with Gasteiger partial charge in [0.25, 0.3) is 23.4 Å². The summed E-state index contributed by atoms with van der Waals surface area (Å²) in [6, 6.07) is 13.9. The fraction of sp³-hybridized carbons (Fsp3) is 0.222. The molecule has 200 valence electrons. The van der Waals surface area contributed by atoms with Crippen LogP contribution in [0.2, 0.25) is 0 Å². The van der Waals surface area contributed by atoms with Crippen LogP contribution < -0.4 is 5.32 Å². The van der Waals surface area contributed by atoms with E-state index in [1.54, 1.807) is 30.3 Å². The zero-order valence-corrected chi connectivity index (χ0v) is 20.9. The molecule has 0 saturated carbocycles. The number of nitro groups is 1. The molecule has 3 aromatic rings. The molecule has 0 bridgehead atoms. The summed E-state index contributed by atoms with van der Waals surface area (Å²) in [5, 5.41) is 23.4. The first-order valence-corrected chi connectivity index (χ1v) is 12.0. The number of hydrogen-bond donors (Lipinski definition) is 2. The molecule has 39 heavy (non-hydrogen) atoms. The molecule has 3 amide bonds. The maximum absolute atomic E-state index is 13.7. The van der Waals surface area contributed by atoms with Gasteiger partial charge in [-0.2, -0.15) is 0 Å². The van der Waals surface area contributed by atoms with Gasteiger partial charge in [0.1, 0.15) is 0 Å². The molecular weight excluding hydrogens is 506 g/mol. The van der Waals surface area contributed by atoms with Crippen molar-refractivity contribution in [3.8, 4) is 0 Å². The zero-order valence-electron chi connectivity index (χ0n) is 20.9. The van der Waals surface area contributed by atoms with Crippen molar-refractivity contribution in [2.75, 3.05) is 13.1 Å². The normalized spacial score (nSPS) is 15.5. The van der Waals surface area contributed by atoms with Crippen LogP contribution in [-0.4, -0.2) is 67.8 Å². The van der Waals surface area contributed by atoms with E-state index in [9.17, 15) is 34.4 Å². The molecular formula is C27H25N5O7. The summed E-state index contributed by atoms with van der Waals surface area (Å²) in [5.41, 5.74) is 1.38. The minimum Gasteiger partial charge on any atom is -0.481 e. The van der Waals surface area contributed by atoms with Gasteiger partial charge in [-0.25, -0.2) is 0 Å². The van der Waals surface area contributed by atoms with Crippen LogP contribution in [-0.2, 0) is 9.59 Å². The molecule has 2 N–H and O–H groups in total. The number of rotatable bonds is 8. The van der Waals surface area contributed by atoms with E-state index >= 15 is 0 Å². The summed E-state index contributed by atoms with van der Waals surface area (Å²) in [7, 11) is 0. The number of nitro benzene ring substituents is 1. The number of non-ortho nitro benzene ring substituents is 1. The van der Waals surface area contributed by atoms with Gasteiger partial charge in [0, 0.05) is 43.2 Å². The largest absolute Gasteiger partial charge is 0.481 e. The number of nitrogens with one attached hydrogen (secondary N) is 1. The molecule has 0 spiro atoms. The molecule has 1 saturated heterocycles. The molecule has 1 aromatic heterocycles. The van der Waals surface area contributed by atoms with Crippen molar-refractivity contribution in [1.82, 2.24) is 20.1 Å². The van der Waals surface area contributed by atoms with E-state index in [1.165, 1.54) is 52.5 Å². The van der Waals surface area contributed by atoms with Crippen molar-refractivity contribution in [1.29, 1.82) is 0 Å². The van der Waals surface area contributed by atoms with Crippen LogP contribution in [0.4, 0.5) is 5.69 Å². The van der Waals surface area contributed by atoms with Gasteiger partial charge >= 0.3 is 5.97 Å². The van der Waals surface area contributed by atoms with E-state index in [-0.39, 0.29) is 29.9 Å². The molecule has 2 atom stereocenters. The Hall–Kier alpha value is -5.13. The van der Waals surface area contributed by atoms with Crippen LogP contribution in [0.15, 0.2) is 73.1 Å². The number of nitrogens with zero attached hydrogens (tertiary/aromatic N) is 4. The minimum absolute atomic E-state index is 0.0455. The van der Waals surface area contributed by atoms with E-state index in [4.69, 9.17) is 0 Å². The van der Waals surface area contributed by atoms with Gasteiger partial charge in [-0.3, -0.25) is 34.3 Å². The second kappa shape index (κ2) is 11.5. The Morgan fingerprint density at radius 3 is 2.28 bits per heavy atom. The first-order chi connectivity index (χ1) is 18.7. The standard InChI is InChI=1S/C27H25N5O7/c1-17-7-9-18(10-8-17)26(36)30-12-13-31(27(37)20-5-3-11-28-16-20)25(30)24(35)29-22(15-23(33)34)19-4-2-6-21(14-19)32(38)39/h2-11,14,16,22,25H,12-13,15H2,1H3,(H,29,35)(H,33,34). The second-order valence-electron chi connectivity index (χ2n) is 8.99.